The molecule has 2 aromatic carbocycles. The van der Waals surface area contributed by atoms with Gasteiger partial charge >= 0.3 is 0 Å². The largest absolute Gasteiger partial charge is 0.497 e. The normalized spacial score (nSPS) is 16.2. The third-order valence-electron chi connectivity index (χ3n) is 5.13. The van der Waals surface area contributed by atoms with Crippen molar-refractivity contribution in [1.82, 2.24) is 19.2 Å². The first kappa shape index (κ1) is 19.7. The van der Waals surface area contributed by atoms with Crippen LogP contribution >= 0.6 is 0 Å². The number of nitrogens with zero attached hydrogens (tertiary/aromatic N) is 3. The van der Waals surface area contributed by atoms with Crippen LogP contribution in [-0.4, -0.2) is 68.0 Å². The van der Waals surface area contributed by atoms with Crippen LogP contribution < -0.4 is 9.47 Å². The number of rotatable bonds is 6. The van der Waals surface area contributed by atoms with Gasteiger partial charge in [-0.05, 0) is 24.3 Å². The van der Waals surface area contributed by atoms with E-state index in [1.54, 1.807) is 12.1 Å². The second-order valence-corrected chi connectivity index (χ2v) is 8.80. The van der Waals surface area contributed by atoms with E-state index in [9.17, 15) is 8.42 Å². The fraction of sp³-hybridized carbons (Fsp3) is 0.350. The van der Waals surface area contributed by atoms with Crippen LogP contribution in [0.2, 0.25) is 0 Å². The van der Waals surface area contributed by atoms with E-state index in [4.69, 9.17) is 9.47 Å². The van der Waals surface area contributed by atoms with Crippen LogP contribution in [0, 0.1) is 0 Å². The molecule has 0 bridgehead atoms. The van der Waals surface area contributed by atoms with Crippen LogP contribution in [-0.2, 0) is 16.6 Å². The molecule has 3 aromatic rings. The topological polar surface area (TPSA) is 87.8 Å². The molecular weight excluding hydrogens is 392 g/mol. The van der Waals surface area contributed by atoms with Gasteiger partial charge in [-0.15, -0.1) is 0 Å². The first-order valence-electron chi connectivity index (χ1n) is 9.39. The van der Waals surface area contributed by atoms with Gasteiger partial charge in [0.05, 0.1) is 31.8 Å². The molecule has 0 spiro atoms. The molecule has 0 atom stereocenters. The van der Waals surface area contributed by atoms with Crippen LogP contribution in [0.4, 0.5) is 0 Å². The van der Waals surface area contributed by atoms with Gasteiger partial charge in [0.2, 0.25) is 10.0 Å². The van der Waals surface area contributed by atoms with Gasteiger partial charge in [0.1, 0.15) is 22.2 Å². The fourth-order valence-electron chi connectivity index (χ4n) is 3.54. The molecular formula is C20H24N4O4S. The molecule has 1 aliphatic heterocycles. The highest BCUT2D eigenvalue weighted by Gasteiger charge is 2.31. The smallest absolute Gasteiger partial charge is 0.246 e. The quantitative estimate of drug-likeness (QED) is 0.662. The predicted octanol–water partition coefficient (Wildman–Crippen LogP) is 2.09. The van der Waals surface area contributed by atoms with Crippen molar-refractivity contribution in [2.75, 3.05) is 40.4 Å². The van der Waals surface area contributed by atoms with Crippen molar-refractivity contribution in [2.24, 2.45) is 0 Å². The Bertz CT molecular complexity index is 1070. The van der Waals surface area contributed by atoms with Crippen LogP contribution in [0.15, 0.2) is 47.4 Å². The van der Waals surface area contributed by atoms with E-state index in [2.05, 4.69) is 14.9 Å². The van der Waals surface area contributed by atoms with Crippen molar-refractivity contribution < 1.29 is 17.9 Å². The lowest BCUT2D eigenvalue weighted by Gasteiger charge is -2.33. The van der Waals surface area contributed by atoms with Gasteiger partial charge < -0.3 is 14.5 Å². The minimum Gasteiger partial charge on any atom is -0.497 e. The summed E-state index contributed by atoms with van der Waals surface area (Å²) >= 11 is 0. The summed E-state index contributed by atoms with van der Waals surface area (Å²) in [5, 5.41) is 0. The summed E-state index contributed by atoms with van der Waals surface area (Å²) in [7, 11) is -0.703. The van der Waals surface area contributed by atoms with Crippen LogP contribution in [0.3, 0.4) is 0 Å². The van der Waals surface area contributed by atoms with Gasteiger partial charge in [0.25, 0.3) is 0 Å². The Morgan fingerprint density at radius 2 is 1.79 bits per heavy atom. The molecule has 1 fully saturated rings. The van der Waals surface area contributed by atoms with Gasteiger partial charge in [0.15, 0.2) is 0 Å². The molecule has 1 saturated heterocycles. The van der Waals surface area contributed by atoms with Crippen molar-refractivity contribution in [1.29, 1.82) is 0 Å². The summed E-state index contributed by atoms with van der Waals surface area (Å²) in [5.74, 6) is 1.68. The number of H-pyrrole nitrogens is 1. The summed E-state index contributed by atoms with van der Waals surface area (Å²) < 4.78 is 38.3. The monoisotopic (exact) mass is 416 g/mol. The van der Waals surface area contributed by atoms with Crippen molar-refractivity contribution in [3.8, 4) is 11.5 Å². The van der Waals surface area contributed by atoms with Gasteiger partial charge in [0, 0.05) is 32.2 Å². The molecule has 9 heteroatoms. The van der Waals surface area contributed by atoms with Gasteiger partial charge in [-0.1, -0.05) is 12.1 Å². The Kier molecular flexibility index (Phi) is 5.44. The Labute approximate surface area is 170 Å². The number of aromatic nitrogens is 2. The van der Waals surface area contributed by atoms with Gasteiger partial charge in [-0.2, -0.15) is 4.31 Å². The summed E-state index contributed by atoms with van der Waals surface area (Å²) in [6, 6.07) is 12.7. The minimum atomic E-state index is -3.68. The number of sulfonamides is 1. The number of aromatic amines is 1. The molecule has 8 nitrogen and oxygen atoms in total. The molecule has 4 rings (SSSR count). The summed E-state index contributed by atoms with van der Waals surface area (Å²) in [6.45, 7) is 2.72. The number of methoxy groups -OCH3 is 2. The number of hydrogen-bond donors (Lipinski definition) is 1. The summed E-state index contributed by atoms with van der Waals surface area (Å²) in [4.78, 5) is 10.3. The molecule has 0 unspecified atom stereocenters. The second-order valence-electron chi connectivity index (χ2n) is 6.90. The maximum atomic E-state index is 13.2. The van der Waals surface area contributed by atoms with Gasteiger partial charge in [-0.3, -0.25) is 4.90 Å². The average Bonchev–Trinajstić information content (AvgIpc) is 3.16. The highest BCUT2D eigenvalue weighted by Crippen LogP contribution is 2.31. The molecule has 0 amide bonds. The maximum Gasteiger partial charge on any atom is 0.246 e. The molecule has 0 radical (unpaired) electrons. The van der Waals surface area contributed by atoms with Crippen LogP contribution in [0.25, 0.3) is 11.0 Å². The zero-order chi connectivity index (χ0) is 20.4. The minimum absolute atomic E-state index is 0.130. The zero-order valence-corrected chi connectivity index (χ0v) is 17.3. The molecule has 2 heterocycles. The van der Waals surface area contributed by atoms with E-state index in [1.807, 2.05) is 24.3 Å². The Morgan fingerprint density at radius 1 is 1.03 bits per heavy atom. The van der Waals surface area contributed by atoms with Crippen LogP contribution in [0.1, 0.15) is 5.82 Å². The molecule has 1 aliphatic rings. The van der Waals surface area contributed by atoms with Crippen LogP contribution in [0.5, 0.6) is 11.5 Å². The SMILES string of the molecule is COc1ccc(OC)c(S(=O)(=O)N2CCN(Cc3nc4ccccc4[nH]3)CC2)c1. The number of imidazole rings is 1. The highest BCUT2D eigenvalue weighted by atomic mass is 32.2. The number of hydrogen-bond acceptors (Lipinski definition) is 6. The van der Waals surface area contributed by atoms with Crippen molar-refractivity contribution in [3.63, 3.8) is 0 Å². The van der Waals surface area contributed by atoms with E-state index in [0.717, 1.165) is 16.9 Å². The molecule has 154 valence electrons. The predicted molar refractivity (Wildman–Crippen MR) is 110 cm³/mol. The lowest BCUT2D eigenvalue weighted by molar-refractivity contribution is 0.178. The van der Waals surface area contributed by atoms with E-state index in [-0.39, 0.29) is 4.90 Å². The second kappa shape index (κ2) is 8.02. The van der Waals surface area contributed by atoms with E-state index in [1.165, 1.54) is 24.6 Å². The highest BCUT2D eigenvalue weighted by molar-refractivity contribution is 7.89. The maximum absolute atomic E-state index is 13.2. The number of para-hydroxylation sites is 2. The number of fused-ring (bicyclic) bond motifs is 1. The summed E-state index contributed by atoms with van der Waals surface area (Å²) in [6.07, 6.45) is 0. The Morgan fingerprint density at radius 3 is 2.48 bits per heavy atom. The van der Waals surface area contributed by atoms with Crippen molar-refractivity contribution in [3.05, 3.63) is 48.3 Å². The molecule has 29 heavy (non-hydrogen) atoms. The Hall–Kier alpha value is -2.62. The summed E-state index contributed by atoms with van der Waals surface area (Å²) in [5.41, 5.74) is 1.95. The van der Waals surface area contributed by atoms with E-state index >= 15 is 0 Å². The number of benzene rings is 2. The van der Waals surface area contributed by atoms with E-state index in [0.29, 0.717) is 44.2 Å². The standard InChI is InChI=1S/C20H24N4O4S/c1-27-15-7-8-18(28-2)19(13-15)29(25,26)24-11-9-23(10-12-24)14-20-21-16-5-3-4-6-17(16)22-20/h3-8,13H,9-12,14H2,1-2H3,(H,21,22). The lowest BCUT2D eigenvalue weighted by atomic mass is 10.3. The first-order chi connectivity index (χ1) is 14.0. The number of nitrogens with one attached hydrogen (secondary N) is 1. The average molecular weight is 417 g/mol. The van der Waals surface area contributed by atoms with E-state index < -0.39 is 10.0 Å². The Balaban J connectivity index is 1.46. The molecule has 1 N–H and O–H groups in total. The van der Waals surface area contributed by atoms with Crippen molar-refractivity contribution in [2.45, 2.75) is 11.4 Å². The third kappa shape index (κ3) is 3.93. The number of ether oxygens (including phenoxy) is 2. The van der Waals surface area contributed by atoms with Crippen molar-refractivity contribution >= 4 is 21.1 Å². The fourth-order valence-corrected chi connectivity index (χ4v) is 5.14. The molecule has 0 aliphatic carbocycles. The lowest BCUT2D eigenvalue weighted by Crippen LogP contribution is -2.48. The first-order valence-corrected chi connectivity index (χ1v) is 10.8. The third-order valence-corrected chi connectivity index (χ3v) is 7.05. The molecule has 1 aromatic heterocycles. The number of piperazine rings is 1. The zero-order valence-electron chi connectivity index (χ0n) is 16.5. The van der Waals surface area contributed by atoms with Gasteiger partial charge in [-0.25, -0.2) is 13.4 Å². The molecule has 0 saturated carbocycles.